The summed E-state index contributed by atoms with van der Waals surface area (Å²) in [6, 6.07) is 0. The lowest BCUT2D eigenvalue weighted by atomic mass is 9.99. The number of hydrogen-bond donors (Lipinski definition) is 1. The molecule has 1 unspecified atom stereocenters. The van der Waals surface area contributed by atoms with Crippen molar-refractivity contribution in [1.82, 2.24) is 0 Å². The molecule has 0 spiro atoms. The minimum absolute atomic E-state index is 0.0325. The molecule has 0 aromatic heterocycles. The van der Waals surface area contributed by atoms with Crippen LogP contribution < -0.4 is 0 Å². The van der Waals surface area contributed by atoms with Crippen molar-refractivity contribution in [3.05, 3.63) is 0 Å². The molecule has 3 heteroatoms. The zero-order chi connectivity index (χ0) is 11.4. The van der Waals surface area contributed by atoms with E-state index < -0.39 is 11.7 Å². The predicted octanol–water partition coefficient (Wildman–Crippen LogP) is 2.13. The Morgan fingerprint density at radius 2 is 1.93 bits per heavy atom. The number of carbonyl (C=O) groups excluding carboxylic acids is 1. The van der Waals surface area contributed by atoms with E-state index in [0.29, 0.717) is 6.42 Å². The Balaban J connectivity index is 3.95. The fourth-order valence-electron chi connectivity index (χ4n) is 1.18. The van der Waals surface area contributed by atoms with E-state index in [1.54, 1.807) is 0 Å². The zero-order valence-electron chi connectivity index (χ0n) is 9.83. The molecule has 0 saturated heterocycles. The second-order valence-corrected chi connectivity index (χ2v) is 4.74. The van der Waals surface area contributed by atoms with Crippen molar-refractivity contribution in [3.8, 4) is 0 Å². The standard InChI is InChI=1S/C11H22O3/c1-6-9(12)8(2)7-10(13)14-11(3,4)5/h8-9,12H,6-7H2,1-5H3/t8-,9?/m0/s1. The lowest BCUT2D eigenvalue weighted by molar-refractivity contribution is -0.156. The van der Waals surface area contributed by atoms with Gasteiger partial charge in [-0.2, -0.15) is 0 Å². The van der Waals surface area contributed by atoms with Crippen LogP contribution in [0, 0.1) is 5.92 Å². The van der Waals surface area contributed by atoms with Crippen molar-refractivity contribution in [2.75, 3.05) is 0 Å². The lowest BCUT2D eigenvalue weighted by Gasteiger charge is -2.22. The van der Waals surface area contributed by atoms with Crippen LogP contribution >= 0.6 is 0 Å². The van der Waals surface area contributed by atoms with E-state index in [1.165, 1.54) is 0 Å². The Morgan fingerprint density at radius 3 is 2.29 bits per heavy atom. The van der Waals surface area contributed by atoms with Crippen LogP contribution in [0.2, 0.25) is 0 Å². The minimum atomic E-state index is -0.437. The fraction of sp³-hybridized carbons (Fsp3) is 0.909. The van der Waals surface area contributed by atoms with Gasteiger partial charge in [0.15, 0.2) is 0 Å². The highest BCUT2D eigenvalue weighted by molar-refractivity contribution is 5.70. The van der Waals surface area contributed by atoms with Crippen molar-refractivity contribution >= 4 is 5.97 Å². The van der Waals surface area contributed by atoms with Gasteiger partial charge in [-0.05, 0) is 33.1 Å². The molecule has 0 bridgehead atoms. The highest BCUT2D eigenvalue weighted by atomic mass is 16.6. The van der Waals surface area contributed by atoms with Gasteiger partial charge in [0, 0.05) is 0 Å². The summed E-state index contributed by atoms with van der Waals surface area (Å²) in [6.45, 7) is 9.28. The third-order valence-corrected chi connectivity index (χ3v) is 1.98. The van der Waals surface area contributed by atoms with Crippen molar-refractivity contribution in [3.63, 3.8) is 0 Å². The maximum Gasteiger partial charge on any atom is 0.306 e. The Hall–Kier alpha value is -0.570. The molecule has 2 atom stereocenters. The molecular weight excluding hydrogens is 180 g/mol. The number of carbonyl (C=O) groups is 1. The van der Waals surface area contributed by atoms with Gasteiger partial charge >= 0.3 is 5.97 Å². The minimum Gasteiger partial charge on any atom is -0.460 e. The van der Waals surface area contributed by atoms with Crippen LogP contribution in [0.3, 0.4) is 0 Å². The van der Waals surface area contributed by atoms with Crippen LogP contribution in [0.15, 0.2) is 0 Å². The first-order chi connectivity index (χ1) is 6.26. The van der Waals surface area contributed by atoms with Gasteiger partial charge in [0.05, 0.1) is 12.5 Å². The number of esters is 1. The van der Waals surface area contributed by atoms with E-state index in [2.05, 4.69) is 0 Å². The molecular formula is C11H22O3. The first-order valence-corrected chi connectivity index (χ1v) is 5.16. The number of rotatable bonds is 4. The Bertz CT molecular complexity index is 181. The monoisotopic (exact) mass is 202 g/mol. The Kier molecular flexibility index (Phi) is 5.13. The fourth-order valence-corrected chi connectivity index (χ4v) is 1.18. The lowest BCUT2D eigenvalue weighted by Crippen LogP contribution is -2.27. The molecule has 0 aliphatic carbocycles. The number of aliphatic hydroxyl groups excluding tert-OH is 1. The van der Waals surface area contributed by atoms with E-state index in [4.69, 9.17) is 4.74 Å². The summed E-state index contributed by atoms with van der Waals surface area (Å²) >= 11 is 0. The average molecular weight is 202 g/mol. The van der Waals surface area contributed by atoms with Gasteiger partial charge in [-0.3, -0.25) is 4.79 Å². The first-order valence-electron chi connectivity index (χ1n) is 5.16. The molecule has 3 nitrogen and oxygen atoms in total. The third-order valence-electron chi connectivity index (χ3n) is 1.98. The summed E-state index contributed by atoms with van der Waals surface area (Å²) in [5, 5.41) is 9.47. The quantitative estimate of drug-likeness (QED) is 0.710. The zero-order valence-corrected chi connectivity index (χ0v) is 9.83. The van der Waals surface area contributed by atoms with Crippen LogP contribution in [-0.4, -0.2) is 22.8 Å². The topological polar surface area (TPSA) is 46.5 Å². The average Bonchev–Trinajstić information content (AvgIpc) is 1.99. The van der Waals surface area contributed by atoms with E-state index in [9.17, 15) is 9.90 Å². The van der Waals surface area contributed by atoms with Crippen LogP contribution in [0.5, 0.6) is 0 Å². The number of ether oxygens (including phenoxy) is 1. The summed E-state index contributed by atoms with van der Waals surface area (Å²) in [7, 11) is 0. The molecule has 0 aromatic carbocycles. The van der Waals surface area contributed by atoms with Crippen LogP contribution in [0.1, 0.15) is 47.5 Å². The molecule has 0 heterocycles. The molecule has 0 fully saturated rings. The highest BCUT2D eigenvalue weighted by Crippen LogP contribution is 2.15. The molecule has 0 aliphatic rings. The first kappa shape index (κ1) is 13.4. The smallest absolute Gasteiger partial charge is 0.306 e. The Labute approximate surface area is 86.5 Å². The third kappa shape index (κ3) is 5.97. The molecule has 0 amide bonds. The molecule has 0 radical (unpaired) electrons. The van der Waals surface area contributed by atoms with Crippen molar-refractivity contribution in [2.45, 2.75) is 59.2 Å². The number of aliphatic hydroxyl groups is 1. The van der Waals surface area contributed by atoms with Gasteiger partial charge in [0.1, 0.15) is 5.60 Å². The van der Waals surface area contributed by atoms with Gasteiger partial charge in [-0.15, -0.1) is 0 Å². The molecule has 14 heavy (non-hydrogen) atoms. The molecule has 0 saturated carbocycles. The van der Waals surface area contributed by atoms with Crippen LogP contribution in [0.4, 0.5) is 0 Å². The van der Waals surface area contributed by atoms with E-state index in [-0.39, 0.29) is 18.3 Å². The van der Waals surface area contributed by atoms with Gasteiger partial charge in [0.25, 0.3) is 0 Å². The summed E-state index contributed by atoms with van der Waals surface area (Å²) in [5.74, 6) is -0.271. The SMILES string of the molecule is CCC(O)[C@@H](C)CC(=O)OC(C)(C)C. The van der Waals surface area contributed by atoms with Crippen LogP contribution in [-0.2, 0) is 9.53 Å². The molecule has 0 rings (SSSR count). The van der Waals surface area contributed by atoms with E-state index in [0.717, 1.165) is 0 Å². The van der Waals surface area contributed by atoms with Gasteiger partial charge < -0.3 is 9.84 Å². The molecule has 84 valence electrons. The Morgan fingerprint density at radius 1 is 1.43 bits per heavy atom. The van der Waals surface area contributed by atoms with Gasteiger partial charge in [-0.1, -0.05) is 13.8 Å². The summed E-state index contributed by atoms with van der Waals surface area (Å²) in [4.78, 5) is 11.4. The highest BCUT2D eigenvalue weighted by Gasteiger charge is 2.21. The largest absolute Gasteiger partial charge is 0.460 e. The van der Waals surface area contributed by atoms with E-state index >= 15 is 0 Å². The van der Waals surface area contributed by atoms with Crippen LogP contribution in [0.25, 0.3) is 0 Å². The summed E-state index contributed by atoms with van der Waals surface area (Å²) < 4.78 is 5.15. The number of hydrogen-bond acceptors (Lipinski definition) is 3. The van der Waals surface area contributed by atoms with Crippen molar-refractivity contribution in [1.29, 1.82) is 0 Å². The summed E-state index contributed by atoms with van der Waals surface area (Å²) in [5.41, 5.74) is -0.437. The molecule has 0 aromatic rings. The normalized spacial score (nSPS) is 16.1. The maximum atomic E-state index is 11.4. The summed E-state index contributed by atoms with van der Waals surface area (Å²) in [6.07, 6.45) is 0.540. The van der Waals surface area contributed by atoms with E-state index in [1.807, 2.05) is 34.6 Å². The second-order valence-electron chi connectivity index (χ2n) is 4.74. The second kappa shape index (κ2) is 5.35. The van der Waals surface area contributed by atoms with Gasteiger partial charge in [-0.25, -0.2) is 0 Å². The maximum absolute atomic E-state index is 11.4. The van der Waals surface area contributed by atoms with Gasteiger partial charge in [0.2, 0.25) is 0 Å². The molecule has 1 N–H and O–H groups in total. The predicted molar refractivity (Wildman–Crippen MR) is 55.9 cm³/mol. The van der Waals surface area contributed by atoms with Crippen molar-refractivity contribution in [2.24, 2.45) is 5.92 Å². The van der Waals surface area contributed by atoms with Crippen molar-refractivity contribution < 1.29 is 14.6 Å². The molecule has 0 aliphatic heterocycles.